The van der Waals surface area contributed by atoms with Crippen molar-refractivity contribution in [1.29, 1.82) is 0 Å². The number of rotatable bonds is 4. The molecule has 1 atom stereocenters. The van der Waals surface area contributed by atoms with Gasteiger partial charge in [0.05, 0.1) is 5.69 Å². The fraction of sp³-hybridized carbons (Fsp3) is 0.412. The molecular weight excluding hydrogens is 337 g/mol. The van der Waals surface area contributed by atoms with Crippen molar-refractivity contribution in [2.75, 3.05) is 0 Å². The Bertz CT molecular complexity index is 750. The van der Waals surface area contributed by atoms with E-state index in [0.29, 0.717) is 22.7 Å². The second kappa shape index (κ2) is 6.64. The third-order valence-electron chi connectivity index (χ3n) is 3.98. The SMILES string of the molecule is CCC(C)=Nc1c(C(C)(O)C(F)(F)F)ccc(-c2nccs2)c1C. The van der Waals surface area contributed by atoms with Gasteiger partial charge in [0.1, 0.15) is 5.01 Å². The molecule has 0 spiro atoms. The normalized spacial score (nSPS) is 15.4. The van der Waals surface area contributed by atoms with Crippen LogP contribution in [0.3, 0.4) is 0 Å². The predicted octanol–water partition coefficient (Wildman–Crippen LogP) is 5.39. The minimum absolute atomic E-state index is 0.157. The topological polar surface area (TPSA) is 45.5 Å². The maximum Gasteiger partial charge on any atom is 0.421 e. The Morgan fingerprint density at radius 2 is 2.00 bits per heavy atom. The summed E-state index contributed by atoms with van der Waals surface area (Å²) in [5, 5.41) is 12.6. The summed E-state index contributed by atoms with van der Waals surface area (Å²) in [5.41, 5.74) is -1.10. The van der Waals surface area contributed by atoms with Crippen LogP contribution in [0.5, 0.6) is 0 Å². The zero-order valence-corrected chi connectivity index (χ0v) is 14.7. The molecule has 1 unspecified atom stereocenters. The molecule has 0 amide bonds. The standard InChI is InChI=1S/C17H19F3N2OS/c1-5-10(2)22-14-11(3)12(15-21-8-9-24-15)6-7-13(14)16(4,23)17(18,19)20/h6-9,23H,5H2,1-4H3. The summed E-state index contributed by atoms with van der Waals surface area (Å²) in [6, 6.07) is 2.85. The third-order valence-corrected chi connectivity index (χ3v) is 4.79. The second-order valence-corrected chi connectivity index (χ2v) is 6.64. The number of aliphatic hydroxyl groups is 1. The number of benzene rings is 1. The quantitative estimate of drug-likeness (QED) is 0.747. The summed E-state index contributed by atoms with van der Waals surface area (Å²) < 4.78 is 39.9. The molecular formula is C17H19F3N2OS. The monoisotopic (exact) mass is 356 g/mol. The number of hydrogen-bond acceptors (Lipinski definition) is 4. The Kier molecular flexibility index (Phi) is 5.15. The van der Waals surface area contributed by atoms with E-state index in [-0.39, 0.29) is 11.3 Å². The summed E-state index contributed by atoms with van der Waals surface area (Å²) in [7, 11) is 0. The highest BCUT2D eigenvalue weighted by molar-refractivity contribution is 7.13. The number of hydrogen-bond donors (Lipinski definition) is 1. The van der Waals surface area contributed by atoms with Crippen molar-refractivity contribution >= 4 is 22.7 Å². The van der Waals surface area contributed by atoms with Crippen molar-refractivity contribution in [2.24, 2.45) is 4.99 Å². The molecule has 0 fully saturated rings. The van der Waals surface area contributed by atoms with Crippen LogP contribution in [-0.4, -0.2) is 22.0 Å². The molecule has 1 aromatic carbocycles. The van der Waals surface area contributed by atoms with Crippen LogP contribution in [0.25, 0.3) is 10.6 Å². The highest BCUT2D eigenvalue weighted by Gasteiger charge is 2.52. The molecule has 2 aromatic rings. The van der Waals surface area contributed by atoms with Crippen LogP contribution in [0.1, 0.15) is 38.3 Å². The third kappa shape index (κ3) is 3.37. The van der Waals surface area contributed by atoms with Crippen molar-refractivity contribution in [1.82, 2.24) is 4.98 Å². The summed E-state index contributed by atoms with van der Waals surface area (Å²) in [6.07, 6.45) is -2.56. The number of aliphatic imine (C=N–C) groups is 1. The van der Waals surface area contributed by atoms with Gasteiger partial charge in [0.15, 0.2) is 5.60 Å². The highest BCUT2D eigenvalue weighted by Crippen LogP contribution is 2.45. The largest absolute Gasteiger partial charge is 0.421 e. The average molecular weight is 356 g/mol. The Morgan fingerprint density at radius 1 is 1.33 bits per heavy atom. The zero-order chi connectivity index (χ0) is 18.1. The number of aromatic nitrogens is 1. The van der Waals surface area contributed by atoms with Crippen LogP contribution in [-0.2, 0) is 5.60 Å². The number of halogens is 3. The first-order valence-electron chi connectivity index (χ1n) is 7.46. The summed E-state index contributed by atoms with van der Waals surface area (Å²) in [6.45, 7) is 6.08. The van der Waals surface area contributed by atoms with E-state index in [9.17, 15) is 18.3 Å². The van der Waals surface area contributed by atoms with Crippen LogP contribution in [0.2, 0.25) is 0 Å². The van der Waals surface area contributed by atoms with E-state index >= 15 is 0 Å². The van der Waals surface area contributed by atoms with Gasteiger partial charge in [-0.15, -0.1) is 11.3 Å². The first kappa shape index (κ1) is 18.6. The van der Waals surface area contributed by atoms with Crippen LogP contribution >= 0.6 is 11.3 Å². The molecule has 0 aliphatic rings. The van der Waals surface area contributed by atoms with Crippen molar-refractivity contribution < 1.29 is 18.3 Å². The lowest BCUT2D eigenvalue weighted by Crippen LogP contribution is -2.39. The molecule has 1 N–H and O–H groups in total. The van der Waals surface area contributed by atoms with Gasteiger partial charge in [0.25, 0.3) is 0 Å². The van der Waals surface area contributed by atoms with Crippen LogP contribution in [0.15, 0.2) is 28.7 Å². The maximum atomic E-state index is 13.3. The smallest absolute Gasteiger partial charge is 0.376 e. The van der Waals surface area contributed by atoms with Gasteiger partial charge in [0.2, 0.25) is 0 Å². The maximum absolute atomic E-state index is 13.3. The van der Waals surface area contributed by atoms with E-state index in [2.05, 4.69) is 9.98 Å². The van der Waals surface area contributed by atoms with Crippen molar-refractivity contribution in [3.8, 4) is 10.6 Å². The lowest BCUT2D eigenvalue weighted by molar-refractivity contribution is -0.258. The summed E-state index contributed by atoms with van der Waals surface area (Å²) >= 11 is 1.40. The molecule has 0 saturated heterocycles. The van der Waals surface area contributed by atoms with Crippen LogP contribution in [0.4, 0.5) is 18.9 Å². The molecule has 0 radical (unpaired) electrons. The summed E-state index contributed by atoms with van der Waals surface area (Å²) in [4.78, 5) is 8.57. The molecule has 130 valence electrons. The van der Waals surface area contributed by atoms with Crippen LogP contribution in [0, 0.1) is 6.92 Å². The van der Waals surface area contributed by atoms with Gasteiger partial charge in [-0.3, -0.25) is 4.99 Å². The first-order chi connectivity index (χ1) is 11.1. The number of alkyl halides is 3. The van der Waals surface area contributed by atoms with Gasteiger partial charge < -0.3 is 5.11 Å². The minimum atomic E-state index is -4.80. The number of thiazole rings is 1. The van der Waals surface area contributed by atoms with E-state index in [1.165, 1.54) is 17.4 Å². The van der Waals surface area contributed by atoms with E-state index in [1.54, 1.807) is 31.5 Å². The molecule has 3 nitrogen and oxygen atoms in total. The van der Waals surface area contributed by atoms with Gasteiger partial charge in [-0.05, 0) is 32.8 Å². The second-order valence-electron chi connectivity index (χ2n) is 5.74. The van der Waals surface area contributed by atoms with Gasteiger partial charge in [0, 0.05) is 28.4 Å². The Morgan fingerprint density at radius 3 is 2.50 bits per heavy atom. The fourth-order valence-electron chi connectivity index (χ4n) is 2.25. The van der Waals surface area contributed by atoms with E-state index in [0.717, 1.165) is 12.5 Å². The fourth-order valence-corrected chi connectivity index (χ4v) is 2.97. The minimum Gasteiger partial charge on any atom is -0.376 e. The van der Waals surface area contributed by atoms with E-state index in [1.807, 2.05) is 6.92 Å². The lowest BCUT2D eigenvalue weighted by Gasteiger charge is -2.29. The Hall–Kier alpha value is -1.73. The molecule has 7 heteroatoms. The molecule has 1 heterocycles. The summed E-state index contributed by atoms with van der Waals surface area (Å²) in [5.74, 6) is 0. The van der Waals surface area contributed by atoms with Gasteiger partial charge >= 0.3 is 6.18 Å². The molecule has 2 rings (SSSR count). The molecule has 0 aliphatic carbocycles. The highest BCUT2D eigenvalue weighted by atomic mass is 32.1. The van der Waals surface area contributed by atoms with E-state index in [4.69, 9.17) is 0 Å². The van der Waals surface area contributed by atoms with Gasteiger partial charge in [-0.2, -0.15) is 13.2 Å². The number of nitrogens with zero attached hydrogens (tertiary/aromatic N) is 2. The lowest BCUT2D eigenvalue weighted by atomic mass is 9.90. The van der Waals surface area contributed by atoms with Crippen LogP contribution < -0.4 is 0 Å². The predicted molar refractivity (Wildman–Crippen MR) is 91.0 cm³/mol. The molecule has 24 heavy (non-hydrogen) atoms. The van der Waals surface area contributed by atoms with Crippen molar-refractivity contribution in [2.45, 2.75) is 45.9 Å². The molecule has 1 aromatic heterocycles. The Labute approximate surface area is 142 Å². The van der Waals surface area contributed by atoms with Crippen molar-refractivity contribution in [3.63, 3.8) is 0 Å². The molecule has 0 aliphatic heterocycles. The van der Waals surface area contributed by atoms with Gasteiger partial charge in [-0.25, -0.2) is 4.98 Å². The average Bonchev–Trinajstić information content (AvgIpc) is 3.01. The first-order valence-corrected chi connectivity index (χ1v) is 8.34. The molecule has 0 saturated carbocycles. The zero-order valence-electron chi connectivity index (χ0n) is 13.9. The Balaban J connectivity index is 2.75. The van der Waals surface area contributed by atoms with E-state index < -0.39 is 11.8 Å². The molecule has 0 bridgehead atoms. The van der Waals surface area contributed by atoms with Crippen molar-refractivity contribution in [3.05, 3.63) is 34.8 Å². The van der Waals surface area contributed by atoms with Gasteiger partial charge in [-0.1, -0.05) is 19.1 Å².